The monoisotopic (exact) mass is 249 g/mol. The van der Waals surface area contributed by atoms with Gasteiger partial charge in [0.1, 0.15) is 5.82 Å². The van der Waals surface area contributed by atoms with Crippen LogP contribution in [0.3, 0.4) is 0 Å². The van der Waals surface area contributed by atoms with Gasteiger partial charge in [-0.3, -0.25) is 0 Å². The predicted octanol–water partition coefficient (Wildman–Crippen LogP) is 4.05. The van der Waals surface area contributed by atoms with Crippen molar-refractivity contribution >= 4 is 11.3 Å². The van der Waals surface area contributed by atoms with Gasteiger partial charge < -0.3 is 5.32 Å². The van der Waals surface area contributed by atoms with E-state index in [4.69, 9.17) is 0 Å². The molecular formula is C14H16FNS. The maximum absolute atomic E-state index is 13.9. The predicted molar refractivity (Wildman–Crippen MR) is 71.7 cm³/mol. The molecule has 0 aliphatic heterocycles. The molecule has 0 amide bonds. The third kappa shape index (κ3) is 3.14. The Kier molecular flexibility index (Phi) is 3.92. The summed E-state index contributed by atoms with van der Waals surface area (Å²) in [5.74, 6) is -0.137. The molecule has 0 bridgehead atoms. The average Bonchev–Trinajstić information content (AvgIpc) is 2.80. The molecule has 90 valence electrons. The molecule has 0 radical (unpaired) electrons. The van der Waals surface area contributed by atoms with Gasteiger partial charge in [0.2, 0.25) is 0 Å². The second-order valence-corrected chi connectivity index (χ2v) is 5.13. The van der Waals surface area contributed by atoms with Crippen molar-refractivity contribution < 1.29 is 4.39 Å². The topological polar surface area (TPSA) is 12.0 Å². The first-order valence-electron chi connectivity index (χ1n) is 5.71. The lowest BCUT2D eigenvalue weighted by atomic mass is 10.1. The van der Waals surface area contributed by atoms with E-state index < -0.39 is 0 Å². The molecule has 0 aliphatic rings. The molecule has 0 spiro atoms. The first kappa shape index (κ1) is 12.3. The summed E-state index contributed by atoms with van der Waals surface area (Å²) in [6.07, 6.45) is 0. The molecule has 0 atom stereocenters. The highest BCUT2D eigenvalue weighted by Gasteiger charge is 2.05. The minimum absolute atomic E-state index is 0.137. The van der Waals surface area contributed by atoms with E-state index in [9.17, 15) is 4.39 Å². The van der Waals surface area contributed by atoms with Crippen molar-refractivity contribution in [3.05, 3.63) is 46.4 Å². The molecule has 0 aliphatic carbocycles. The Bertz CT molecular complexity index is 477. The zero-order chi connectivity index (χ0) is 12.3. The van der Waals surface area contributed by atoms with Gasteiger partial charge in [-0.2, -0.15) is 11.3 Å². The third-order valence-corrected chi connectivity index (χ3v) is 3.29. The van der Waals surface area contributed by atoms with Gasteiger partial charge in [0.05, 0.1) is 0 Å². The molecule has 1 aromatic heterocycles. The zero-order valence-corrected chi connectivity index (χ0v) is 10.9. The summed E-state index contributed by atoms with van der Waals surface area (Å²) in [4.78, 5) is 0. The van der Waals surface area contributed by atoms with E-state index in [-0.39, 0.29) is 5.82 Å². The molecule has 1 nitrogen and oxygen atoms in total. The highest BCUT2D eigenvalue weighted by Crippen LogP contribution is 2.24. The summed E-state index contributed by atoms with van der Waals surface area (Å²) in [5, 5.41) is 7.25. The molecule has 1 aromatic carbocycles. The molecule has 1 heterocycles. The van der Waals surface area contributed by atoms with Crippen LogP contribution >= 0.6 is 11.3 Å². The van der Waals surface area contributed by atoms with Gasteiger partial charge in [-0.1, -0.05) is 26.0 Å². The van der Waals surface area contributed by atoms with Crippen LogP contribution in [0.15, 0.2) is 35.0 Å². The first-order chi connectivity index (χ1) is 8.16. The van der Waals surface area contributed by atoms with Crippen LogP contribution in [-0.4, -0.2) is 6.04 Å². The fourth-order valence-corrected chi connectivity index (χ4v) is 2.28. The SMILES string of the molecule is CC(C)NCc1ccc(-c2ccsc2)cc1F. The molecule has 1 N–H and O–H groups in total. The van der Waals surface area contributed by atoms with Gasteiger partial charge in [0.25, 0.3) is 0 Å². The number of nitrogens with one attached hydrogen (secondary N) is 1. The number of hydrogen-bond acceptors (Lipinski definition) is 2. The summed E-state index contributed by atoms with van der Waals surface area (Å²) in [7, 11) is 0. The summed E-state index contributed by atoms with van der Waals surface area (Å²) < 4.78 is 13.9. The molecular weight excluding hydrogens is 233 g/mol. The van der Waals surface area contributed by atoms with Crippen LogP contribution in [0.4, 0.5) is 4.39 Å². The van der Waals surface area contributed by atoms with Crippen molar-refractivity contribution in [2.45, 2.75) is 26.4 Å². The van der Waals surface area contributed by atoms with Gasteiger partial charge in [-0.25, -0.2) is 4.39 Å². The highest BCUT2D eigenvalue weighted by molar-refractivity contribution is 7.08. The third-order valence-electron chi connectivity index (χ3n) is 2.61. The van der Waals surface area contributed by atoms with E-state index in [2.05, 4.69) is 19.2 Å². The Morgan fingerprint density at radius 3 is 2.65 bits per heavy atom. The minimum atomic E-state index is -0.137. The second-order valence-electron chi connectivity index (χ2n) is 4.35. The number of hydrogen-bond donors (Lipinski definition) is 1. The van der Waals surface area contributed by atoms with E-state index in [1.54, 1.807) is 17.4 Å². The number of halogens is 1. The summed E-state index contributed by atoms with van der Waals surface area (Å²) in [6.45, 7) is 4.68. The summed E-state index contributed by atoms with van der Waals surface area (Å²) in [6, 6.07) is 7.82. The van der Waals surface area contributed by atoms with Crippen LogP contribution in [0.5, 0.6) is 0 Å². The Labute approximate surface area is 105 Å². The summed E-state index contributed by atoms with van der Waals surface area (Å²) >= 11 is 1.62. The van der Waals surface area contributed by atoms with Crippen LogP contribution in [0.2, 0.25) is 0 Å². The van der Waals surface area contributed by atoms with Crippen molar-refractivity contribution in [3.8, 4) is 11.1 Å². The van der Waals surface area contributed by atoms with Crippen LogP contribution in [0, 0.1) is 5.82 Å². The molecule has 0 unspecified atom stereocenters. The number of thiophene rings is 1. The molecule has 3 heteroatoms. The van der Waals surface area contributed by atoms with Crippen LogP contribution in [-0.2, 0) is 6.54 Å². The van der Waals surface area contributed by atoms with Crippen LogP contribution in [0.25, 0.3) is 11.1 Å². The molecule has 0 saturated heterocycles. The minimum Gasteiger partial charge on any atom is -0.310 e. The van der Waals surface area contributed by atoms with Crippen molar-refractivity contribution in [1.82, 2.24) is 5.32 Å². The maximum atomic E-state index is 13.9. The largest absolute Gasteiger partial charge is 0.310 e. The van der Waals surface area contributed by atoms with Gasteiger partial charge in [-0.05, 0) is 34.0 Å². The normalized spacial score (nSPS) is 11.1. The standard InChI is InChI=1S/C14H16FNS/c1-10(2)16-8-12-4-3-11(7-14(12)15)13-5-6-17-9-13/h3-7,9-10,16H,8H2,1-2H3. The lowest BCUT2D eigenvalue weighted by molar-refractivity contribution is 0.553. The summed E-state index contributed by atoms with van der Waals surface area (Å²) in [5.41, 5.74) is 2.74. The Hall–Kier alpha value is -1.19. The van der Waals surface area contributed by atoms with Crippen LogP contribution < -0.4 is 5.32 Å². The lowest BCUT2D eigenvalue weighted by Gasteiger charge is -2.09. The van der Waals surface area contributed by atoms with Gasteiger partial charge in [0.15, 0.2) is 0 Å². The Morgan fingerprint density at radius 2 is 2.06 bits per heavy atom. The lowest BCUT2D eigenvalue weighted by Crippen LogP contribution is -2.22. The number of benzene rings is 1. The van der Waals surface area contributed by atoms with E-state index in [1.807, 2.05) is 29.0 Å². The van der Waals surface area contributed by atoms with Gasteiger partial charge in [-0.15, -0.1) is 0 Å². The second kappa shape index (κ2) is 5.43. The van der Waals surface area contributed by atoms with E-state index in [0.29, 0.717) is 12.6 Å². The highest BCUT2D eigenvalue weighted by atomic mass is 32.1. The van der Waals surface area contributed by atoms with E-state index >= 15 is 0 Å². The molecule has 0 fully saturated rings. The Morgan fingerprint density at radius 1 is 1.24 bits per heavy atom. The van der Waals surface area contributed by atoms with Crippen molar-refractivity contribution in [3.63, 3.8) is 0 Å². The zero-order valence-electron chi connectivity index (χ0n) is 10.0. The van der Waals surface area contributed by atoms with Crippen LogP contribution in [0.1, 0.15) is 19.4 Å². The van der Waals surface area contributed by atoms with Crippen molar-refractivity contribution in [2.24, 2.45) is 0 Å². The quantitative estimate of drug-likeness (QED) is 0.862. The van der Waals surface area contributed by atoms with E-state index in [1.165, 1.54) is 0 Å². The number of rotatable bonds is 4. The maximum Gasteiger partial charge on any atom is 0.128 e. The molecule has 2 rings (SSSR count). The average molecular weight is 249 g/mol. The van der Waals surface area contributed by atoms with Crippen molar-refractivity contribution in [1.29, 1.82) is 0 Å². The van der Waals surface area contributed by atoms with Crippen molar-refractivity contribution in [2.75, 3.05) is 0 Å². The Balaban J connectivity index is 2.17. The molecule has 17 heavy (non-hydrogen) atoms. The molecule has 2 aromatic rings. The first-order valence-corrected chi connectivity index (χ1v) is 6.65. The van der Waals surface area contributed by atoms with Gasteiger partial charge in [0, 0.05) is 18.2 Å². The fourth-order valence-electron chi connectivity index (χ4n) is 1.61. The van der Waals surface area contributed by atoms with Gasteiger partial charge >= 0.3 is 0 Å². The van der Waals surface area contributed by atoms with E-state index in [0.717, 1.165) is 16.7 Å². The molecule has 0 saturated carbocycles. The smallest absolute Gasteiger partial charge is 0.128 e. The fraction of sp³-hybridized carbons (Fsp3) is 0.286.